The van der Waals surface area contributed by atoms with E-state index in [1.807, 2.05) is 6.07 Å². The van der Waals surface area contributed by atoms with Crippen LogP contribution in [0.3, 0.4) is 0 Å². The van der Waals surface area contributed by atoms with Crippen molar-refractivity contribution >= 4 is 40.6 Å². The summed E-state index contributed by atoms with van der Waals surface area (Å²) in [4.78, 5) is 38.4. The predicted molar refractivity (Wildman–Crippen MR) is 114 cm³/mol. The zero-order valence-corrected chi connectivity index (χ0v) is 17.4. The molecule has 2 aromatic rings. The van der Waals surface area contributed by atoms with Crippen molar-refractivity contribution in [3.05, 3.63) is 52.9 Å². The van der Waals surface area contributed by atoms with Gasteiger partial charge in [0.05, 0.1) is 26.2 Å². The number of nitrogens with one attached hydrogen (secondary N) is 1. The van der Waals surface area contributed by atoms with Crippen molar-refractivity contribution in [3.8, 4) is 17.2 Å². The largest absolute Gasteiger partial charge is 0.493 e. The summed E-state index contributed by atoms with van der Waals surface area (Å²) in [6.07, 6.45) is 1.53. The molecule has 156 valence electrons. The second kappa shape index (κ2) is 9.36. The SMILES string of the molecule is COc1ccc(/C=C2\SC(=O)N(CC(=O)Nc3ccccc3)C2=O)c(OC)c1OC. The smallest absolute Gasteiger partial charge is 0.294 e. The van der Waals surface area contributed by atoms with E-state index in [4.69, 9.17) is 14.2 Å². The number of methoxy groups -OCH3 is 3. The van der Waals surface area contributed by atoms with E-state index in [0.29, 0.717) is 28.5 Å². The van der Waals surface area contributed by atoms with E-state index in [0.717, 1.165) is 16.7 Å². The first-order chi connectivity index (χ1) is 14.5. The lowest BCUT2D eigenvalue weighted by atomic mass is 10.1. The highest BCUT2D eigenvalue weighted by molar-refractivity contribution is 8.18. The van der Waals surface area contributed by atoms with Crippen LogP contribution in [0.4, 0.5) is 10.5 Å². The van der Waals surface area contributed by atoms with Gasteiger partial charge in [0.2, 0.25) is 11.7 Å². The van der Waals surface area contributed by atoms with Crippen LogP contribution in [0.1, 0.15) is 5.56 Å². The molecule has 0 bridgehead atoms. The van der Waals surface area contributed by atoms with Crippen LogP contribution in [0, 0.1) is 0 Å². The molecule has 1 heterocycles. The summed E-state index contributed by atoms with van der Waals surface area (Å²) in [5, 5.41) is 2.14. The van der Waals surface area contributed by atoms with Gasteiger partial charge in [-0.25, -0.2) is 0 Å². The Bertz CT molecular complexity index is 1010. The van der Waals surface area contributed by atoms with E-state index in [9.17, 15) is 14.4 Å². The Balaban J connectivity index is 1.80. The van der Waals surface area contributed by atoms with Crippen LogP contribution >= 0.6 is 11.8 Å². The molecule has 0 aliphatic carbocycles. The molecule has 2 aromatic carbocycles. The molecule has 30 heavy (non-hydrogen) atoms. The van der Waals surface area contributed by atoms with Crippen molar-refractivity contribution in [2.75, 3.05) is 33.2 Å². The number of hydrogen-bond donors (Lipinski definition) is 1. The number of rotatable bonds is 7. The molecule has 3 rings (SSSR count). The molecule has 0 aromatic heterocycles. The number of carbonyl (C=O) groups is 3. The quantitative estimate of drug-likeness (QED) is 0.676. The van der Waals surface area contributed by atoms with Crippen molar-refractivity contribution in [3.63, 3.8) is 0 Å². The number of carbonyl (C=O) groups excluding carboxylic acids is 3. The normalized spacial score (nSPS) is 14.8. The van der Waals surface area contributed by atoms with Gasteiger partial charge in [-0.1, -0.05) is 18.2 Å². The molecule has 1 saturated heterocycles. The molecule has 0 radical (unpaired) electrons. The molecule has 9 heteroatoms. The predicted octanol–water partition coefficient (Wildman–Crippen LogP) is 3.39. The number of imide groups is 1. The molecule has 1 fully saturated rings. The summed E-state index contributed by atoms with van der Waals surface area (Å²) < 4.78 is 16.0. The average molecular weight is 428 g/mol. The minimum atomic E-state index is -0.551. The number of ether oxygens (including phenoxy) is 3. The highest BCUT2D eigenvalue weighted by Crippen LogP contribution is 2.42. The molecule has 0 saturated carbocycles. The topological polar surface area (TPSA) is 94.2 Å². The lowest BCUT2D eigenvalue weighted by Crippen LogP contribution is -2.36. The number of thioether (sulfide) groups is 1. The summed E-state index contributed by atoms with van der Waals surface area (Å²) in [7, 11) is 4.44. The summed E-state index contributed by atoms with van der Waals surface area (Å²) in [6, 6.07) is 12.2. The van der Waals surface area contributed by atoms with Gasteiger partial charge in [-0.3, -0.25) is 19.3 Å². The van der Waals surface area contributed by atoms with E-state index < -0.39 is 17.1 Å². The standard InChI is InChI=1S/C21H20N2O6S/c1-27-15-10-9-13(18(28-2)19(15)29-3)11-16-20(25)23(21(26)30-16)12-17(24)22-14-7-5-4-6-8-14/h4-11H,12H2,1-3H3,(H,22,24)/b16-11-. The van der Waals surface area contributed by atoms with Gasteiger partial charge in [-0.05, 0) is 42.1 Å². The van der Waals surface area contributed by atoms with Crippen molar-refractivity contribution in [2.24, 2.45) is 0 Å². The maximum Gasteiger partial charge on any atom is 0.294 e. The van der Waals surface area contributed by atoms with Crippen molar-refractivity contribution in [1.29, 1.82) is 0 Å². The summed E-state index contributed by atoms with van der Waals surface area (Å²) in [6.45, 7) is -0.375. The Morgan fingerprint density at radius 3 is 2.33 bits per heavy atom. The van der Waals surface area contributed by atoms with Crippen molar-refractivity contribution in [1.82, 2.24) is 4.90 Å². The van der Waals surface area contributed by atoms with Crippen LogP contribution in [0.25, 0.3) is 6.08 Å². The molecule has 1 N–H and O–H groups in total. The first-order valence-electron chi connectivity index (χ1n) is 8.87. The van der Waals surface area contributed by atoms with Gasteiger partial charge in [-0.2, -0.15) is 0 Å². The number of para-hydroxylation sites is 1. The third-order valence-electron chi connectivity index (χ3n) is 4.25. The molecule has 1 aliphatic rings. The Hall–Kier alpha value is -3.46. The molecular formula is C21H20N2O6S. The van der Waals surface area contributed by atoms with Crippen LogP contribution in [0.15, 0.2) is 47.4 Å². The zero-order valence-electron chi connectivity index (χ0n) is 16.6. The number of nitrogens with zero attached hydrogens (tertiary/aromatic N) is 1. The van der Waals surface area contributed by atoms with E-state index in [1.165, 1.54) is 27.4 Å². The maximum atomic E-state index is 12.7. The molecular weight excluding hydrogens is 408 g/mol. The minimum Gasteiger partial charge on any atom is -0.493 e. The Labute approximate surface area is 177 Å². The molecule has 0 spiro atoms. The second-order valence-corrected chi connectivity index (χ2v) is 7.10. The van der Waals surface area contributed by atoms with Crippen LogP contribution in [0.2, 0.25) is 0 Å². The fraction of sp³-hybridized carbons (Fsp3) is 0.190. The van der Waals surface area contributed by atoms with E-state index in [1.54, 1.807) is 36.4 Å². The molecule has 0 atom stereocenters. The number of amides is 3. The minimum absolute atomic E-state index is 0.179. The third-order valence-corrected chi connectivity index (χ3v) is 5.16. The average Bonchev–Trinajstić information content (AvgIpc) is 3.01. The van der Waals surface area contributed by atoms with Gasteiger partial charge in [0.1, 0.15) is 6.54 Å². The fourth-order valence-electron chi connectivity index (χ4n) is 2.88. The molecule has 1 aliphatic heterocycles. The van der Waals surface area contributed by atoms with Gasteiger partial charge in [-0.15, -0.1) is 0 Å². The number of benzene rings is 2. The maximum absolute atomic E-state index is 12.7. The van der Waals surface area contributed by atoms with E-state index in [-0.39, 0.29) is 11.4 Å². The molecule has 3 amide bonds. The lowest BCUT2D eigenvalue weighted by molar-refractivity contribution is -0.127. The Kier molecular flexibility index (Phi) is 6.63. The Morgan fingerprint density at radius 1 is 1.00 bits per heavy atom. The van der Waals surface area contributed by atoms with Gasteiger partial charge in [0.25, 0.3) is 11.1 Å². The van der Waals surface area contributed by atoms with Crippen LogP contribution in [-0.2, 0) is 9.59 Å². The molecule has 0 unspecified atom stereocenters. The second-order valence-electron chi connectivity index (χ2n) is 6.11. The van der Waals surface area contributed by atoms with Crippen LogP contribution in [0.5, 0.6) is 17.2 Å². The lowest BCUT2D eigenvalue weighted by Gasteiger charge is -2.14. The third kappa shape index (κ3) is 4.41. The fourth-order valence-corrected chi connectivity index (χ4v) is 3.71. The van der Waals surface area contributed by atoms with Crippen LogP contribution in [-0.4, -0.2) is 49.8 Å². The van der Waals surface area contributed by atoms with Crippen molar-refractivity contribution < 1.29 is 28.6 Å². The number of hydrogen-bond acceptors (Lipinski definition) is 7. The van der Waals surface area contributed by atoms with E-state index in [2.05, 4.69) is 5.32 Å². The van der Waals surface area contributed by atoms with Gasteiger partial charge < -0.3 is 19.5 Å². The zero-order chi connectivity index (χ0) is 21.7. The number of anilines is 1. The van der Waals surface area contributed by atoms with Gasteiger partial charge in [0.15, 0.2) is 11.5 Å². The highest BCUT2D eigenvalue weighted by Gasteiger charge is 2.36. The monoisotopic (exact) mass is 428 g/mol. The first-order valence-corrected chi connectivity index (χ1v) is 9.69. The van der Waals surface area contributed by atoms with Gasteiger partial charge in [0, 0.05) is 11.3 Å². The summed E-state index contributed by atoms with van der Waals surface area (Å²) >= 11 is 0.758. The first kappa shape index (κ1) is 21.3. The Morgan fingerprint density at radius 2 is 1.70 bits per heavy atom. The van der Waals surface area contributed by atoms with Crippen molar-refractivity contribution in [2.45, 2.75) is 0 Å². The summed E-state index contributed by atoms with van der Waals surface area (Å²) in [5.74, 6) is 0.191. The molecule has 8 nitrogen and oxygen atoms in total. The van der Waals surface area contributed by atoms with Gasteiger partial charge >= 0.3 is 0 Å². The summed E-state index contributed by atoms with van der Waals surface area (Å²) in [5.41, 5.74) is 1.12. The van der Waals surface area contributed by atoms with E-state index >= 15 is 0 Å². The van der Waals surface area contributed by atoms with Crippen LogP contribution < -0.4 is 19.5 Å². The highest BCUT2D eigenvalue weighted by atomic mass is 32.2.